The lowest BCUT2D eigenvalue weighted by molar-refractivity contribution is -0.384. The minimum absolute atomic E-state index is 0.191. The maximum atomic E-state index is 13.5. The Labute approximate surface area is 202 Å². The summed E-state index contributed by atoms with van der Waals surface area (Å²) >= 11 is 5.84. The number of carbonyl (C=O) groups excluding carboxylic acids is 1. The van der Waals surface area contributed by atoms with E-state index in [1.807, 2.05) is 30.3 Å². The smallest absolute Gasteiger partial charge is 0.289 e. The number of nitrogens with zero attached hydrogens (tertiary/aromatic N) is 2. The Hall–Kier alpha value is -3.63. The Balaban J connectivity index is 1.88. The summed E-state index contributed by atoms with van der Waals surface area (Å²) < 4.78 is 32.9. The standard InChI is InChI=1S/C23H22ClN3O6S/c1-33-19-9-7-18(8-10-19)26(16-23(28)25-14-13-17-5-3-2-4-6-17)34(31,32)20-11-12-21(24)22(15-20)27(29)30/h2-12,15H,13-14,16H2,1H3,(H,25,28). The molecule has 3 rings (SSSR count). The first kappa shape index (κ1) is 25.0. The zero-order chi connectivity index (χ0) is 24.7. The van der Waals surface area contributed by atoms with Crippen LogP contribution in [0.2, 0.25) is 5.02 Å². The summed E-state index contributed by atoms with van der Waals surface area (Å²) in [6.07, 6.45) is 0.575. The molecule has 3 aromatic rings. The number of rotatable bonds is 10. The predicted octanol–water partition coefficient (Wildman–Crippen LogP) is 3.81. The summed E-state index contributed by atoms with van der Waals surface area (Å²) in [5, 5.41) is 13.8. The first-order valence-electron chi connectivity index (χ1n) is 10.1. The number of methoxy groups -OCH3 is 1. The minimum atomic E-state index is -4.35. The molecule has 0 atom stereocenters. The van der Waals surface area contributed by atoms with Gasteiger partial charge in [-0.05, 0) is 48.4 Å². The predicted molar refractivity (Wildman–Crippen MR) is 129 cm³/mol. The Morgan fingerprint density at radius 2 is 1.76 bits per heavy atom. The molecule has 0 aromatic heterocycles. The van der Waals surface area contributed by atoms with Crippen LogP contribution in [0.3, 0.4) is 0 Å². The first-order chi connectivity index (χ1) is 16.2. The van der Waals surface area contributed by atoms with Crippen molar-refractivity contribution in [3.63, 3.8) is 0 Å². The van der Waals surface area contributed by atoms with E-state index in [-0.39, 0.29) is 15.6 Å². The number of sulfonamides is 1. The van der Waals surface area contributed by atoms with Crippen LogP contribution in [0.15, 0.2) is 77.7 Å². The number of anilines is 1. The van der Waals surface area contributed by atoms with Gasteiger partial charge in [0.2, 0.25) is 5.91 Å². The summed E-state index contributed by atoms with van der Waals surface area (Å²) in [7, 11) is -2.88. The van der Waals surface area contributed by atoms with Crippen molar-refractivity contribution in [1.29, 1.82) is 0 Å². The fourth-order valence-electron chi connectivity index (χ4n) is 3.16. The largest absolute Gasteiger partial charge is 0.497 e. The van der Waals surface area contributed by atoms with Crippen molar-refractivity contribution in [3.8, 4) is 5.75 Å². The molecule has 0 aliphatic heterocycles. The number of hydrogen-bond acceptors (Lipinski definition) is 6. The van der Waals surface area contributed by atoms with Crippen LogP contribution >= 0.6 is 11.6 Å². The highest BCUT2D eigenvalue weighted by Crippen LogP contribution is 2.31. The van der Waals surface area contributed by atoms with Gasteiger partial charge in [-0.1, -0.05) is 41.9 Å². The Morgan fingerprint density at radius 3 is 2.38 bits per heavy atom. The second kappa shape index (κ2) is 11.0. The monoisotopic (exact) mass is 503 g/mol. The molecule has 0 fully saturated rings. The van der Waals surface area contributed by atoms with Crippen molar-refractivity contribution in [2.45, 2.75) is 11.3 Å². The van der Waals surface area contributed by atoms with Gasteiger partial charge in [0, 0.05) is 12.6 Å². The maximum Gasteiger partial charge on any atom is 0.289 e. The number of carbonyl (C=O) groups is 1. The van der Waals surface area contributed by atoms with E-state index < -0.39 is 33.1 Å². The van der Waals surface area contributed by atoms with Gasteiger partial charge in [-0.15, -0.1) is 0 Å². The molecule has 9 nitrogen and oxygen atoms in total. The molecule has 1 amide bonds. The molecule has 34 heavy (non-hydrogen) atoms. The van der Waals surface area contributed by atoms with Crippen LogP contribution in [-0.2, 0) is 21.2 Å². The lowest BCUT2D eigenvalue weighted by Gasteiger charge is -2.24. The van der Waals surface area contributed by atoms with Crippen molar-refractivity contribution in [1.82, 2.24) is 5.32 Å². The summed E-state index contributed by atoms with van der Waals surface area (Å²) in [6, 6.07) is 18.8. The highest BCUT2D eigenvalue weighted by Gasteiger charge is 2.29. The number of ether oxygens (including phenoxy) is 1. The third-order valence-electron chi connectivity index (χ3n) is 4.93. The quantitative estimate of drug-likeness (QED) is 0.332. The third-order valence-corrected chi connectivity index (χ3v) is 7.02. The molecular weight excluding hydrogens is 482 g/mol. The molecular formula is C23H22ClN3O6S. The van der Waals surface area contributed by atoms with Gasteiger partial charge in [-0.25, -0.2) is 8.42 Å². The molecule has 0 aliphatic carbocycles. The molecule has 178 valence electrons. The van der Waals surface area contributed by atoms with Crippen molar-refractivity contribution < 1.29 is 22.9 Å². The number of benzene rings is 3. The van der Waals surface area contributed by atoms with Gasteiger partial charge in [-0.3, -0.25) is 19.2 Å². The van der Waals surface area contributed by atoms with Gasteiger partial charge in [0.15, 0.2) is 0 Å². The SMILES string of the molecule is COc1ccc(N(CC(=O)NCCc2ccccc2)S(=O)(=O)c2ccc(Cl)c([N+](=O)[O-])c2)cc1. The average molecular weight is 504 g/mol. The Kier molecular flexibility index (Phi) is 8.08. The zero-order valence-corrected chi connectivity index (χ0v) is 19.8. The van der Waals surface area contributed by atoms with Crippen LogP contribution in [0.25, 0.3) is 0 Å². The normalized spacial score (nSPS) is 11.0. The highest BCUT2D eigenvalue weighted by atomic mass is 35.5. The lowest BCUT2D eigenvalue weighted by atomic mass is 10.1. The molecule has 11 heteroatoms. The molecule has 1 N–H and O–H groups in total. The fraction of sp³-hybridized carbons (Fsp3) is 0.174. The van der Waals surface area contributed by atoms with E-state index in [4.69, 9.17) is 16.3 Å². The van der Waals surface area contributed by atoms with Gasteiger partial charge >= 0.3 is 0 Å². The molecule has 0 saturated heterocycles. The van der Waals surface area contributed by atoms with Gasteiger partial charge in [0.05, 0.1) is 22.6 Å². The summed E-state index contributed by atoms with van der Waals surface area (Å²) in [4.78, 5) is 22.8. The van der Waals surface area contributed by atoms with E-state index in [2.05, 4.69) is 5.32 Å². The van der Waals surface area contributed by atoms with Crippen LogP contribution < -0.4 is 14.4 Å². The molecule has 0 bridgehead atoms. The second-order valence-electron chi connectivity index (χ2n) is 7.17. The van der Waals surface area contributed by atoms with Crippen LogP contribution in [0, 0.1) is 10.1 Å². The molecule has 0 saturated carbocycles. The van der Waals surface area contributed by atoms with E-state index >= 15 is 0 Å². The van der Waals surface area contributed by atoms with Crippen LogP contribution in [0.4, 0.5) is 11.4 Å². The molecule has 0 radical (unpaired) electrons. The number of hydrogen-bond donors (Lipinski definition) is 1. The lowest BCUT2D eigenvalue weighted by Crippen LogP contribution is -2.41. The first-order valence-corrected chi connectivity index (χ1v) is 12.0. The second-order valence-corrected chi connectivity index (χ2v) is 9.44. The molecule has 0 heterocycles. The third kappa shape index (κ3) is 6.03. The van der Waals surface area contributed by atoms with E-state index in [0.717, 1.165) is 28.1 Å². The van der Waals surface area contributed by atoms with Gasteiger partial charge in [0.1, 0.15) is 17.3 Å². The summed E-state index contributed by atoms with van der Waals surface area (Å²) in [5.74, 6) is -0.0330. The number of nitrogens with one attached hydrogen (secondary N) is 1. The van der Waals surface area contributed by atoms with Gasteiger partial charge in [0.25, 0.3) is 15.7 Å². The number of nitro benzene ring substituents is 1. The van der Waals surface area contributed by atoms with E-state index in [9.17, 15) is 23.3 Å². The number of nitro groups is 1. The van der Waals surface area contributed by atoms with Crippen LogP contribution in [0.5, 0.6) is 5.75 Å². The van der Waals surface area contributed by atoms with Crippen molar-refractivity contribution in [2.24, 2.45) is 0 Å². The number of halogens is 1. The van der Waals surface area contributed by atoms with Crippen molar-refractivity contribution in [3.05, 3.63) is 93.5 Å². The Morgan fingerprint density at radius 1 is 1.09 bits per heavy atom. The van der Waals surface area contributed by atoms with Crippen molar-refractivity contribution >= 4 is 38.9 Å². The molecule has 0 unspecified atom stereocenters. The van der Waals surface area contributed by atoms with Gasteiger partial charge < -0.3 is 10.1 Å². The zero-order valence-electron chi connectivity index (χ0n) is 18.2. The van der Waals surface area contributed by atoms with Crippen molar-refractivity contribution in [2.75, 3.05) is 24.5 Å². The maximum absolute atomic E-state index is 13.5. The van der Waals surface area contributed by atoms with E-state index in [1.54, 1.807) is 12.1 Å². The Bertz CT molecular complexity index is 1270. The highest BCUT2D eigenvalue weighted by molar-refractivity contribution is 7.92. The van der Waals surface area contributed by atoms with Crippen LogP contribution in [0.1, 0.15) is 5.56 Å². The summed E-state index contributed by atoms with van der Waals surface area (Å²) in [6.45, 7) is -0.217. The average Bonchev–Trinajstić information content (AvgIpc) is 2.83. The van der Waals surface area contributed by atoms with E-state index in [1.165, 1.54) is 19.2 Å². The van der Waals surface area contributed by atoms with E-state index in [0.29, 0.717) is 18.7 Å². The molecule has 3 aromatic carbocycles. The number of amides is 1. The fourth-order valence-corrected chi connectivity index (χ4v) is 4.79. The van der Waals surface area contributed by atoms with Crippen LogP contribution in [-0.4, -0.2) is 39.4 Å². The summed E-state index contributed by atoms with van der Waals surface area (Å²) in [5.41, 5.74) is 0.664. The molecule has 0 spiro atoms. The topological polar surface area (TPSA) is 119 Å². The molecule has 0 aliphatic rings. The minimum Gasteiger partial charge on any atom is -0.497 e. The van der Waals surface area contributed by atoms with Gasteiger partial charge in [-0.2, -0.15) is 0 Å².